The Morgan fingerprint density at radius 2 is 2.23 bits per heavy atom. The highest BCUT2D eigenvalue weighted by molar-refractivity contribution is 5.93. The molecule has 22 heavy (non-hydrogen) atoms. The number of allylic oxidation sites excluding steroid dienone is 1. The summed E-state index contributed by atoms with van der Waals surface area (Å²) in [7, 11) is 0. The van der Waals surface area contributed by atoms with Crippen molar-refractivity contribution in [2.24, 2.45) is 0 Å². The molecule has 2 heterocycles. The van der Waals surface area contributed by atoms with Gasteiger partial charge in [-0.2, -0.15) is 5.10 Å². The summed E-state index contributed by atoms with van der Waals surface area (Å²) in [5.74, 6) is -0.131. The SMILES string of the molecule is C[C@@H](NC(=O)c1cc(-c2ccccn2)n[nH]1)C1=CCCCC1. The van der Waals surface area contributed by atoms with Gasteiger partial charge >= 0.3 is 0 Å². The van der Waals surface area contributed by atoms with Gasteiger partial charge in [-0.3, -0.25) is 14.9 Å². The van der Waals surface area contributed by atoms with Crippen LogP contribution in [0.15, 0.2) is 42.1 Å². The smallest absolute Gasteiger partial charge is 0.269 e. The van der Waals surface area contributed by atoms with Crippen LogP contribution in [0, 0.1) is 0 Å². The summed E-state index contributed by atoms with van der Waals surface area (Å²) >= 11 is 0. The van der Waals surface area contributed by atoms with E-state index in [0.717, 1.165) is 18.5 Å². The first-order valence-corrected chi connectivity index (χ1v) is 7.70. The van der Waals surface area contributed by atoms with Crippen molar-refractivity contribution in [1.82, 2.24) is 20.5 Å². The van der Waals surface area contributed by atoms with Crippen LogP contribution in [-0.4, -0.2) is 27.1 Å². The summed E-state index contributed by atoms with van der Waals surface area (Å²) in [6.45, 7) is 2.03. The van der Waals surface area contributed by atoms with Crippen molar-refractivity contribution in [1.29, 1.82) is 0 Å². The Morgan fingerprint density at radius 1 is 1.32 bits per heavy atom. The van der Waals surface area contributed by atoms with Crippen LogP contribution in [-0.2, 0) is 0 Å². The van der Waals surface area contributed by atoms with Gasteiger partial charge in [0.15, 0.2) is 0 Å². The van der Waals surface area contributed by atoms with Gasteiger partial charge in [-0.15, -0.1) is 0 Å². The summed E-state index contributed by atoms with van der Waals surface area (Å²) < 4.78 is 0. The van der Waals surface area contributed by atoms with E-state index in [9.17, 15) is 4.79 Å². The normalized spacial score (nSPS) is 16.0. The molecule has 0 aliphatic heterocycles. The lowest BCUT2D eigenvalue weighted by Crippen LogP contribution is -2.34. The third kappa shape index (κ3) is 3.24. The average molecular weight is 296 g/mol. The van der Waals surface area contributed by atoms with Crippen molar-refractivity contribution in [2.75, 3.05) is 0 Å². The van der Waals surface area contributed by atoms with Gasteiger partial charge < -0.3 is 5.32 Å². The van der Waals surface area contributed by atoms with Gasteiger partial charge in [0.2, 0.25) is 0 Å². The quantitative estimate of drug-likeness (QED) is 0.852. The standard InChI is InChI=1S/C17H20N4O/c1-12(13-7-3-2-4-8-13)19-17(22)16-11-15(20-21-16)14-9-5-6-10-18-14/h5-7,9-12H,2-4,8H2,1H3,(H,19,22)(H,20,21)/t12-/m1/s1. The highest BCUT2D eigenvalue weighted by Gasteiger charge is 2.17. The molecule has 0 spiro atoms. The van der Waals surface area contributed by atoms with Gasteiger partial charge in [-0.25, -0.2) is 0 Å². The molecule has 2 aromatic heterocycles. The van der Waals surface area contributed by atoms with Crippen molar-refractivity contribution in [3.05, 3.63) is 47.8 Å². The highest BCUT2D eigenvalue weighted by Crippen LogP contribution is 2.20. The maximum Gasteiger partial charge on any atom is 0.269 e. The molecule has 5 heteroatoms. The number of carbonyl (C=O) groups is 1. The maximum atomic E-state index is 12.3. The van der Waals surface area contributed by atoms with E-state index in [0.29, 0.717) is 11.4 Å². The Bertz CT molecular complexity index is 675. The number of aromatic amines is 1. The Labute approximate surface area is 129 Å². The van der Waals surface area contributed by atoms with Gasteiger partial charge in [-0.1, -0.05) is 17.7 Å². The van der Waals surface area contributed by atoms with Crippen LogP contribution in [0.2, 0.25) is 0 Å². The van der Waals surface area contributed by atoms with Crippen molar-refractivity contribution in [2.45, 2.75) is 38.6 Å². The predicted molar refractivity (Wildman–Crippen MR) is 85.3 cm³/mol. The van der Waals surface area contributed by atoms with Crippen LogP contribution in [0.3, 0.4) is 0 Å². The summed E-state index contributed by atoms with van der Waals surface area (Å²) in [6.07, 6.45) is 8.60. The second-order valence-corrected chi connectivity index (χ2v) is 5.60. The Hall–Kier alpha value is -2.43. The summed E-state index contributed by atoms with van der Waals surface area (Å²) in [5.41, 5.74) is 3.21. The molecule has 114 valence electrons. The number of hydrogen-bond acceptors (Lipinski definition) is 3. The number of aromatic nitrogens is 3. The van der Waals surface area contributed by atoms with E-state index in [1.807, 2.05) is 25.1 Å². The molecule has 0 bridgehead atoms. The van der Waals surface area contributed by atoms with E-state index in [2.05, 4.69) is 26.6 Å². The van der Waals surface area contributed by atoms with E-state index in [4.69, 9.17) is 0 Å². The van der Waals surface area contributed by atoms with Crippen molar-refractivity contribution in [3.63, 3.8) is 0 Å². The van der Waals surface area contributed by atoms with E-state index < -0.39 is 0 Å². The third-order valence-electron chi connectivity index (χ3n) is 3.98. The molecule has 1 aliphatic carbocycles. The minimum atomic E-state index is -0.131. The molecule has 0 saturated heterocycles. The number of hydrogen-bond donors (Lipinski definition) is 2. The first-order chi connectivity index (χ1) is 10.7. The molecule has 0 radical (unpaired) electrons. The molecule has 1 aliphatic rings. The Balaban J connectivity index is 1.68. The maximum absolute atomic E-state index is 12.3. The van der Waals surface area contributed by atoms with E-state index >= 15 is 0 Å². The second-order valence-electron chi connectivity index (χ2n) is 5.60. The molecule has 5 nitrogen and oxygen atoms in total. The fourth-order valence-corrected chi connectivity index (χ4v) is 2.71. The molecule has 2 aromatic rings. The molecular weight excluding hydrogens is 276 g/mol. The number of pyridine rings is 1. The molecule has 1 amide bonds. The van der Waals surface area contributed by atoms with Gasteiger partial charge in [0, 0.05) is 12.2 Å². The lowest BCUT2D eigenvalue weighted by Gasteiger charge is -2.20. The summed E-state index contributed by atoms with van der Waals surface area (Å²) in [6, 6.07) is 7.42. The Kier molecular flexibility index (Phi) is 4.32. The number of amides is 1. The Morgan fingerprint density at radius 3 is 2.95 bits per heavy atom. The van der Waals surface area contributed by atoms with E-state index in [1.54, 1.807) is 12.3 Å². The number of rotatable bonds is 4. The largest absolute Gasteiger partial charge is 0.345 e. The summed E-state index contributed by atoms with van der Waals surface area (Å²) in [5, 5.41) is 9.99. The number of nitrogens with zero attached hydrogens (tertiary/aromatic N) is 2. The lowest BCUT2D eigenvalue weighted by atomic mass is 9.95. The molecule has 0 fully saturated rings. The fourth-order valence-electron chi connectivity index (χ4n) is 2.71. The molecule has 1 atom stereocenters. The molecule has 0 unspecified atom stereocenters. The summed E-state index contributed by atoms with van der Waals surface area (Å²) in [4.78, 5) is 16.5. The van der Waals surface area contributed by atoms with Gasteiger partial charge in [0.25, 0.3) is 5.91 Å². The second kappa shape index (κ2) is 6.56. The predicted octanol–water partition coefficient (Wildman–Crippen LogP) is 3.09. The van der Waals surface area contributed by atoms with Gasteiger partial charge in [0.1, 0.15) is 11.4 Å². The lowest BCUT2D eigenvalue weighted by molar-refractivity contribution is 0.0939. The average Bonchev–Trinajstić information content (AvgIpc) is 3.06. The fraction of sp³-hybridized carbons (Fsp3) is 0.353. The van der Waals surface area contributed by atoms with Crippen LogP contribution >= 0.6 is 0 Å². The van der Waals surface area contributed by atoms with Gasteiger partial charge in [0.05, 0.1) is 5.69 Å². The highest BCUT2D eigenvalue weighted by atomic mass is 16.2. The molecule has 0 saturated carbocycles. The van der Waals surface area contributed by atoms with Crippen molar-refractivity contribution < 1.29 is 4.79 Å². The van der Waals surface area contributed by atoms with Crippen LogP contribution < -0.4 is 5.32 Å². The minimum Gasteiger partial charge on any atom is -0.345 e. The first kappa shape index (κ1) is 14.5. The molecule has 3 rings (SSSR count). The molecular formula is C17H20N4O. The zero-order chi connectivity index (χ0) is 15.4. The third-order valence-corrected chi connectivity index (χ3v) is 3.98. The van der Waals surface area contributed by atoms with Gasteiger partial charge in [-0.05, 0) is 50.8 Å². The van der Waals surface area contributed by atoms with Crippen molar-refractivity contribution >= 4 is 5.91 Å². The topological polar surface area (TPSA) is 70.7 Å². The number of nitrogens with one attached hydrogen (secondary N) is 2. The number of carbonyl (C=O) groups excluding carboxylic acids is 1. The molecule has 2 N–H and O–H groups in total. The van der Waals surface area contributed by atoms with Crippen LogP contribution in [0.25, 0.3) is 11.4 Å². The van der Waals surface area contributed by atoms with E-state index in [-0.39, 0.29) is 11.9 Å². The zero-order valence-electron chi connectivity index (χ0n) is 12.7. The zero-order valence-corrected chi connectivity index (χ0v) is 12.7. The minimum absolute atomic E-state index is 0.0643. The van der Waals surface area contributed by atoms with Crippen LogP contribution in [0.4, 0.5) is 0 Å². The molecule has 0 aromatic carbocycles. The van der Waals surface area contributed by atoms with Crippen LogP contribution in [0.5, 0.6) is 0 Å². The van der Waals surface area contributed by atoms with Crippen LogP contribution in [0.1, 0.15) is 43.1 Å². The monoisotopic (exact) mass is 296 g/mol. The number of H-pyrrole nitrogens is 1. The van der Waals surface area contributed by atoms with E-state index in [1.165, 1.54) is 18.4 Å². The first-order valence-electron chi connectivity index (χ1n) is 7.70. The van der Waals surface area contributed by atoms with Crippen molar-refractivity contribution in [3.8, 4) is 11.4 Å².